The van der Waals surface area contributed by atoms with E-state index in [2.05, 4.69) is 0 Å². The second-order valence-corrected chi connectivity index (χ2v) is 8.94. The molecule has 25 heavy (non-hydrogen) atoms. The SMILES string of the molecule is CC(C)C(C)C(=O)OC1C2CC3C1OCOC3C2C(=O)OC(C)(C)C. The summed E-state index contributed by atoms with van der Waals surface area (Å²) in [4.78, 5) is 25.2. The summed E-state index contributed by atoms with van der Waals surface area (Å²) < 4.78 is 22.9. The summed E-state index contributed by atoms with van der Waals surface area (Å²) in [5.74, 6) is -0.866. The number of rotatable bonds is 4. The third-order valence-electron chi connectivity index (χ3n) is 5.77. The molecule has 2 aliphatic carbocycles. The molecule has 0 aromatic heterocycles. The number of esters is 2. The minimum Gasteiger partial charge on any atom is -0.460 e. The zero-order chi connectivity index (χ0) is 18.5. The van der Waals surface area contributed by atoms with E-state index < -0.39 is 17.6 Å². The van der Waals surface area contributed by atoms with Gasteiger partial charge in [-0.15, -0.1) is 0 Å². The molecular weight excluding hydrogens is 324 g/mol. The van der Waals surface area contributed by atoms with Gasteiger partial charge in [-0.05, 0) is 33.1 Å². The lowest BCUT2D eigenvalue weighted by atomic mass is 9.81. The van der Waals surface area contributed by atoms with Crippen molar-refractivity contribution in [3.63, 3.8) is 0 Å². The summed E-state index contributed by atoms with van der Waals surface area (Å²) in [6, 6.07) is 0. The van der Waals surface area contributed by atoms with E-state index in [0.29, 0.717) is 0 Å². The molecule has 3 fully saturated rings. The first-order valence-corrected chi connectivity index (χ1v) is 9.26. The molecule has 1 saturated heterocycles. The van der Waals surface area contributed by atoms with Crippen molar-refractivity contribution < 1.29 is 28.5 Å². The first kappa shape index (κ1) is 18.6. The molecule has 1 heterocycles. The van der Waals surface area contributed by atoms with E-state index in [1.807, 2.05) is 41.5 Å². The normalized spacial score (nSPS) is 37.9. The Balaban J connectivity index is 1.77. The van der Waals surface area contributed by atoms with Crippen molar-refractivity contribution in [2.24, 2.45) is 29.6 Å². The van der Waals surface area contributed by atoms with Gasteiger partial charge in [0.25, 0.3) is 0 Å². The molecule has 0 amide bonds. The van der Waals surface area contributed by atoms with Crippen molar-refractivity contribution in [2.75, 3.05) is 6.79 Å². The van der Waals surface area contributed by atoms with Gasteiger partial charge in [0.2, 0.25) is 0 Å². The molecule has 0 radical (unpaired) electrons. The molecule has 3 rings (SSSR count). The van der Waals surface area contributed by atoms with Crippen LogP contribution in [0.15, 0.2) is 0 Å². The number of hydrogen-bond acceptors (Lipinski definition) is 6. The lowest BCUT2D eigenvalue weighted by Gasteiger charge is -2.43. The van der Waals surface area contributed by atoms with Gasteiger partial charge in [-0.3, -0.25) is 9.59 Å². The molecule has 2 saturated carbocycles. The molecule has 7 unspecified atom stereocenters. The molecule has 2 bridgehead atoms. The molecule has 6 heteroatoms. The van der Waals surface area contributed by atoms with Gasteiger partial charge >= 0.3 is 11.9 Å². The van der Waals surface area contributed by atoms with Gasteiger partial charge < -0.3 is 18.9 Å². The van der Waals surface area contributed by atoms with E-state index in [9.17, 15) is 9.59 Å². The maximum atomic E-state index is 12.7. The monoisotopic (exact) mass is 354 g/mol. The molecule has 7 atom stereocenters. The lowest BCUT2D eigenvalue weighted by molar-refractivity contribution is -0.254. The Morgan fingerprint density at radius 2 is 1.68 bits per heavy atom. The van der Waals surface area contributed by atoms with Crippen molar-refractivity contribution in [1.82, 2.24) is 0 Å². The Kier molecular flexibility index (Phi) is 4.88. The smallest absolute Gasteiger partial charge is 0.312 e. The van der Waals surface area contributed by atoms with Crippen LogP contribution in [0.1, 0.15) is 48.0 Å². The van der Waals surface area contributed by atoms with Crippen molar-refractivity contribution in [3.05, 3.63) is 0 Å². The number of ether oxygens (including phenoxy) is 4. The summed E-state index contributed by atoms with van der Waals surface area (Å²) in [6.07, 6.45) is 0.00552. The highest BCUT2D eigenvalue weighted by molar-refractivity contribution is 5.76. The first-order chi connectivity index (χ1) is 11.6. The van der Waals surface area contributed by atoms with Crippen molar-refractivity contribution in [3.8, 4) is 0 Å². The predicted octanol–water partition coefficient (Wildman–Crippen LogP) is 2.54. The van der Waals surface area contributed by atoms with Crippen LogP contribution in [0.5, 0.6) is 0 Å². The fraction of sp³-hybridized carbons (Fsp3) is 0.895. The Bertz CT molecular complexity index is 537. The standard InChI is InChI=1S/C19H30O6/c1-9(2)10(3)17(20)24-16-11-7-12-14(22-8-23-15(12)16)13(11)18(21)25-19(4,5)6/h9-16H,7-8H2,1-6H3. The summed E-state index contributed by atoms with van der Waals surface area (Å²) in [7, 11) is 0. The van der Waals surface area contributed by atoms with Gasteiger partial charge in [-0.2, -0.15) is 0 Å². The number of carbonyl (C=O) groups excluding carboxylic acids is 2. The molecule has 0 aromatic carbocycles. The summed E-state index contributed by atoms with van der Waals surface area (Å²) in [5, 5.41) is 0. The number of carbonyl (C=O) groups is 2. The molecule has 6 nitrogen and oxygen atoms in total. The Labute approximate surface area is 149 Å². The van der Waals surface area contributed by atoms with Crippen molar-refractivity contribution in [2.45, 2.75) is 71.9 Å². The molecule has 0 aromatic rings. The van der Waals surface area contributed by atoms with Crippen LogP contribution in [0.2, 0.25) is 0 Å². The Hall–Kier alpha value is -1.14. The highest BCUT2D eigenvalue weighted by atomic mass is 16.7. The highest BCUT2D eigenvalue weighted by Gasteiger charge is 2.65. The zero-order valence-electron chi connectivity index (χ0n) is 16.0. The van der Waals surface area contributed by atoms with Gasteiger partial charge in [0.15, 0.2) is 0 Å². The third kappa shape index (κ3) is 3.43. The quantitative estimate of drug-likeness (QED) is 0.723. The average Bonchev–Trinajstić information content (AvgIpc) is 3.03. The second-order valence-electron chi connectivity index (χ2n) is 8.94. The molecule has 0 N–H and O–H groups in total. The second kappa shape index (κ2) is 6.54. The van der Waals surface area contributed by atoms with Gasteiger partial charge in [-0.25, -0.2) is 0 Å². The van der Waals surface area contributed by atoms with E-state index in [1.165, 1.54) is 0 Å². The third-order valence-corrected chi connectivity index (χ3v) is 5.77. The van der Waals surface area contributed by atoms with Crippen LogP contribution in [0.3, 0.4) is 0 Å². The Morgan fingerprint density at radius 3 is 2.28 bits per heavy atom. The van der Waals surface area contributed by atoms with Gasteiger partial charge in [0.1, 0.15) is 24.6 Å². The molecule has 1 aliphatic heterocycles. The van der Waals surface area contributed by atoms with Crippen LogP contribution in [-0.2, 0) is 28.5 Å². The van der Waals surface area contributed by atoms with Crippen LogP contribution in [0.25, 0.3) is 0 Å². The number of fused-ring (bicyclic) bond motifs is 1. The van der Waals surface area contributed by atoms with E-state index >= 15 is 0 Å². The molecule has 0 spiro atoms. The van der Waals surface area contributed by atoms with Gasteiger partial charge in [-0.1, -0.05) is 20.8 Å². The number of hydrogen-bond donors (Lipinski definition) is 0. The van der Waals surface area contributed by atoms with Crippen molar-refractivity contribution >= 4 is 11.9 Å². The van der Waals surface area contributed by atoms with E-state index in [4.69, 9.17) is 18.9 Å². The van der Waals surface area contributed by atoms with E-state index in [1.54, 1.807) is 0 Å². The van der Waals surface area contributed by atoms with Crippen LogP contribution < -0.4 is 0 Å². The maximum absolute atomic E-state index is 12.7. The van der Waals surface area contributed by atoms with Crippen LogP contribution in [-0.4, -0.2) is 42.6 Å². The Morgan fingerprint density at radius 1 is 1.04 bits per heavy atom. The largest absolute Gasteiger partial charge is 0.460 e. The topological polar surface area (TPSA) is 71.1 Å². The fourth-order valence-corrected chi connectivity index (χ4v) is 4.24. The van der Waals surface area contributed by atoms with E-state index in [0.717, 1.165) is 6.42 Å². The van der Waals surface area contributed by atoms with Crippen molar-refractivity contribution in [1.29, 1.82) is 0 Å². The minimum absolute atomic E-state index is 0.0865. The zero-order valence-corrected chi connectivity index (χ0v) is 16.0. The minimum atomic E-state index is -0.554. The van der Waals surface area contributed by atoms with Crippen LogP contribution in [0.4, 0.5) is 0 Å². The van der Waals surface area contributed by atoms with Crippen LogP contribution >= 0.6 is 0 Å². The average molecular weight is 354 g/mol. The summed E-state index contributed by atoms with van der Waals surface area (Å²) >= 11 is 0. The van der Waals surface area contributed by atoms with Gasteiger partial charge in [0.05, 0.1) is 17.9 Å². The molecule has 3 aliphatic rings. The summed E-state index contributed by atoms with van der Waals surface area (Å²) in [6.45, 7) is 11.6. The first-order valence-electron chi connectivity index (χ1n) is 9.26. The predicted molar refractivity (Wildman–Crippen MR) is 89.4 cm³/mol. The fourth-order valence-electron chi connectivity index (χ4n) is 4.24. The van der Waals surface area contributed by atoms with Gasteiger partial charge in [0, 0.05) is 11.8 Å². The molecular formula is C19H30O6. The van der Waals surface area contributed by atoms with E-state index in [-0.39, 0.29) is 54.6 Å². The maximum Gasteiger partial charge on any atom is 0.312 e. The molecule has 142 valence electrons. The van der Waals surface area contributed by atoms with Crippen LogP contribution in [0, 0.1) is 29.6 Å². The highest BCUT2D eigenvalue weighted by Crippen LogP contribution is 2.54. The summed E-state index contributed by atoms with van der Waals surface area (Å²) in [5.41, 5.74) is -0.554. The lowest BCUT2D eigenvalue weighted by Crippen LogP contribution is -2.55.